The summed E-state index contributed by atoms with van der Waals surface area (Å²) in [7, 11) is 0. The van der Waals surface area contributed by atoms with Gasteiger partial charge in [0.1, 0.15) is 0 Å². The van der Waals surface area contributed by atoms with Crippen LogP contribution in [0.25, 0.3) is 0 Å². The van der Waals surface area contributed by atoms with Crippen molar-refractivity contribution >= 4 is 5.97 Å². The van der Waals surface area contributed by atoms with Gasteiger partial charge < -0.3 is 10.5 Å². The van der Waals surface area contributed by atoms with Gasteiger partial charge in [-0.1, -0.05) is 6.92 Å². The van der Waals surface area contributed by atoms with E-state index in [4.69, 9.17) is 10.5 Å². The quantitative estimate of drug-likeness (QED) is 0.511. The van der Waals surface area contributed by atoms with Crippen molar-refractivity contribution in [3.8, 4) is 0 Å². The molecule has 0 amide bonds. The number of hydrogen-bond acceptors (Lipinski definition) is 3. The summed E-state index contributed by atoms with van der Waals surface area (Å²) >= 11 is 0. The molecule has 0 radical (unpaired) electrons. The molecule has 0 aromatic rings. The molecule has 12 heavy (non-hydrogen) atoms. The van der Waals surface area contributed by atoms with Crippen molar-refractivity contribution in [2.75, 3.05) is 13.2 Å². The summed E-state index contributed by atoms with van der Waals surface area (Å²) in [6.07, 6.45) is 0.807. The lowest BCUT2D eigenvalue weighted by atomic mass is 10.1. The van der Waals surface area contributed by atoms with Crippen LogP contribution in [0.5, 0.6) is 0 Å². The molecule has 0 aliphatic heterocycles. The van der Waals surface area contributed by atoms with E-state index in [0.29, 0.717) is 18.7 Å². The molecule has 0 saturated carbocycles. The van der Waals surface area contributed by atoms with E-state index < -0.39 is 0 Å². The van der Waals surface area contributed by atoms with E-state index in [2.05, 4.69) is 0 Å². The molecule has 0 heterocycles. The zero-order valence-corrected chi connectivity index (χ0v) is 8.02. The summed E-state index contributed by atoms with van der Waals surface area (Å²) in [5.74, 6) is -0.250. The molecule has 0 aliphatic carbocycles. The lowest BCUT2D eigenvalue weighted by Gasteiger charge is -2.06. The predicted molar refractivity (Wildman–Crippen MR) is 48.7 cm³/mol. The predicted octanol–water partition coefficient (Wildman–Crippen LogP) is 1.23. The number of rotatable bonds is 4. The van der Waals surface area contributed by atoms with Crippen molar-refractivity contribution < 1.29 is 9.53 Å². The Morgan fingerprint density at radius 3 is 2.33 bits per heavy atom. The average Bonchev–Trinajstić information content (AvgIpc) is 2.07. The van der Waals surface area contributed by atoms with Crippen LogP contribution in [0.3, 0.4) is 0 Å². The number of carbonyl (C=O) groups is 1. The minimum atomic E-state index is -0.250. The van der Waals surface area contributed by atoms with Gasteiger partial charge >= 0.3 is 5.97 Å². The van der Waals surface area contributed by atoms with Crippen LogP contribution in [0.2, 0.25) is 0 Å². The van der Waals surface area contributed by atoms with Crippen LogP contribution in [0.4, 0.5) is 0 Å². The van der Waals surface area contributed by atoms with Gasteiger partial charge in [0, 0.05) is 12.1 Å². The molecule has 0 spiro atoms. The fourth-order valence-electron chi connectivity index (χ4n) is 0.946. The first-order valence-corrected chi connectivity index (χ1v) is 4.23. The zero-order valence-electron chi connectivity index (χ0n) is 8.02. The van der Waals surface area contributed by atoms with Crippen molar-refractivity contribution in [1.82, 2.24) is 0 Å². The number of ether oxygens (including phenoxy) is 1. The molecule has 0 aliphatic rings. The van der Waals surface area contributed by atoms with Crippen molar-refractivity contribution in [2.24, 2.45) is 5.73 Å². The van der Waals surface area contributed by atoms with Gasteiger partial charge in [-0.2, -0.15) is 0 Å². The highest BCUT2D eigenvalue weighted by atomic mass is 16.5. The third kappa shape index (κ3) is 3.05. The highest BCUT2D eigenvalue weighted by Gasteiger charge is 2.08. The summed E-state index contributed by atoms with van der Waals surface area (Å²) < 4.78 is 4.84. The Hall–Kier alpha value is -0.830. The van der Waals surface area contributed by atoms with E-state index in [9.17, 15) is 4.79 Å². The van der Waals surface area contributed by atoms with Crippen LogP contribution in [-0.4, -0.2) is 19.1 Å². The summed E-state index contributed by atoms with van der Waals surface area (Å²) in [5, 5.41) is 0. The standard InChI is InChI=1S/C9H17NO2/c1-4-8(6-10)7(3)9(11)12-5-2/h4-6,10H2,1-3H3. The van der Waals surface area contributed by atoms with E-state index in [1.165, 1.54) is 0 Å². The van der Waals surface area contributed by atoms with Gasteiger partial charge in [-0.25, -0.2) is 4.79 Å². The highest BCUT2D eigenvalue weighted by Crippen LogP contribution is 2.08. The third-order valence-corrected chi connectivity index (χ3v) is 1.79. The Morgan fingerprint density at radius 1 is 1.42 bits per heavy atom. The minimum Gasteiger partial charge on any atom is -0.463 e. The number of nitrogens with two attached hydrogens (primary N) is 1. The van der Waals surface area contributed by atoms with Crippen LogP contribution in [-0.2, 0) is 9.53 Å². The third-order valence-electron chi connectivity index (χ3n) is 1.79. The van der Waals surface area contributed by atoms with Gasteiger partial charge in [-0.15, -0.1) is 0 Å². The Kier molecular flexibility index (Phi) is 5.37. The lowest BCUT2D eigenvalue weighted by Crippen LogP contribution is -2.12. The van der Waals surface area contributed by atoms with E-state index >= 15 is 0 Å². The molecule has 0 aromatic heterocycles. The molecule has 0 saturated heterocycles. The van der Waals surface area contributed by atoms with Gasteiger partial charge in [0.2, 0.25) is 0 Å². The largest absolute Gasteiger partial charge is 0.463 e. The molecular formula is C9H17NO2. The molecule has 0 aromatic carbocycles. The molecule has 70 valence electrons. The van der Waals surface area contributed by atoms with Gasteiger partial charge in [-0.05, 0) is 25.8 Å². The second kappa shape index (κ2) is 5.77. The smallest absolute Gasteiger partial charge is 0.333 e. The van der Waals surface area contributed by atoms with Gasteiger partial charge in [0.25, 0.3) is 0 Å². The van der Waals surface area contributed by atoms with Crippen LogP contribution in [0, 0.1) is 0 Å². The first-order chi connectivity index (χ1) is 5.67. The van der Waals surface area contributed by atoms with Crippen molar-refractivity contribution in [2.45, 2.75) is 27.2 Å². The molecule has 2 N–H and O–H groups in total. The first kappa shape index (κ1) is 11.2. The maximum absolute atomic E-state index is 11.2. The topological polar surface area (TPSA) is 52.3 Å². The minimum absolute atomic E-state index is 0.250. The SMILES string of the molecule is CCOC(=O)C(C)=C(CC)CN. The first-order valence-electron chi connectivity index (χ1n) is 4.23. The van der Waals surface area contributed by atoms with E-state index in [-0.39, 0.29) is 5.97 Å². The zero-order chi connectivity index (χ0) is 9.56. The van der Waals surface area contributed by atoms with E-state index in [1.807, 2.05) is 6.92 Å². The van der Waals surface area contributed by atoms with Crippen LogP contribution >= 0.6 is 0 Å². The molecule has 0 atom stereocenters. The fourth-order valence-corrected chi connectivity index (χ4v) is 0.946. The summed E-state index contributed by atoms with van der Waals surface area (Å²) in [5.41, 5.74) is 7.07. The lowest BCUT2D eigenvalue weighted by molar-refractivity contribution is -0.138. The Bertz CT molecular complexity index is 179. The molecular weight excluding hydrogens is 154 g/mol. The van der Waals surface area contributed by atoms with Crippen LogP contribution < -0.4 is 5.73 Å². The number of carbonyl (C=O) groups excluding carboxylic acids is 1. The molecule has 0 fully saturated rings. The van der Waals surface area contributed by atoms with E-state index in [0.717, 1.165) is 12.0 Å². The van der Waals surface area contributed by atoms with Gasteiger partial charge in [0.15, 0.2) is 0 Å². The average molecular weight is 171 g/mol. The maximum Gasteiger partial charge on any atom is 0.333 e. The molecule has 0 bridgehead atoms. The monoisotopic (exact) mass is 171 g/mol. The van der Waals surface area contributed by atoms with Crippen LogP contribution in [0.15, 0.2) is 11.1 Å². The summed E-state index contributed by atoms with van der Waals surface area (Å²) in [6.45, 7) is 6.37. The fraction of sp³-hybridized carbons (Fsp3) is 0.667. The molecule has 3 nitrogen and oxygen atoms in total. The summed E-state index contributed by atoms with van der Waals surface area (Å²) in [6, 6.07) is 0. The molecule has 3 heteroatoms. The van der Waals surface area contributed by atoms with Gasteiger partial charge in [0.05, 0.1) is 6.61 Å². The Morgan fingerprint density at radius 2 is 2.00 bits per heavy atom. The molecule has 0 rings (SSSR count). The maximum atomic E-state index is 11.2. The van der Waals surface area contributed by atoms with Crippen LogP contribution in [0.1, 0.15) is 27.2 Å². The Labute approximate surface area is 73.6 Å². The number of esters is 1. The number of hydrogen-bond donors (Lipinski definition) is 1. The van der Waals surface area contributed by atoms with Crippen molar-refractivity contribution in [1.29, 1.82) is 0 Å². The van der Waals surface area contributed by atoms with Gasteiger partial charge in [-0.3, -0.25) is 0 Å². The second-order valence-corrected chi connectivity index (χ2v) is 2.51. The van der Waals surface area contributed by atoms with E-state index in [1.54, 1.807) is 13.8 Å². The van der Waals surface area contributed by atoms with Crippen molar-refractivity contribution in [3.05, 3.63) is 11.1 Å². The Balaban J connectivity index is 4.39. The summed E-state index contributed by atoms with van der Waals surface area (Å²) in [4.78, 5) is 11.2. The molecule has 0 unspecified atom stereocenters. The highest BCUT2D eigenvalue weighted by molar-refractivity contribution is 5.88. The second-order valence-electron chi connectivity index (χ2n) is 2.51. The van der Waals surface area contributed by atoms with Crippen molar-refractivity contribution in [3.63, 3.8) is 0 Å². The normalized spacial score (nSPS) is 12.3.